The monoisotopic (exact) mass is 990 g/mol. The zero-order valence-electron chi connectivity index (χ0n) is 42.1. The number of hydrogen-bond donors (Lipinski definition) is 2. The van der Waals surface area contributed by atoms with E-state index in [0.717, 1.165) is 65.7 Å². The molecule has 15 rings (SSSR count). The molecule has 0 unspecified atom stereocenters. The summed E-state index contributed by atoms with van der Waals surface area (Å²) in [4.78, 5) is 0. The predicted molar refractivity (Wildman–Crippen MR) is 320 cm³/mol. The number of aliphatic hydroxyl groups is 2. The Morgan fingerprint density at radius 3 is 1.04 bits per heavy atom. The van der Waals surface area contributed by atoms with Gasteiger partial charge in [-0.25, -0.2) is 0 Å². The molecule has 0 heterocycles. The molecule has 0 saturated carbocycles. The Balaban J connectivity index is 1.13. The highest BCUT2D eigenvalue weighted by Crippen LogP contribution is 2.62. The minimum absolute atomic E-state index is 0.0708. The normalized spacial score (nSPS) is 12.9. The van der Waals surface area contributed by atoms with Crippen molar-refractivity contribution < 1.29 is 19.7 Å². The van der Waals surface area contributed by atoms with Crippen molar-refractivity contribution >= 4 is 86.2 Å². The van der Waals surface area contributed by atoms with E-state index in [1.54, 1.807) is 0 Å². The van der Waals surface area contributed by atoms with Gasteiger partial charge in [0.15, 0.2) is 0 Å². The summed E-state index contributed by atoms with van der Waals surface area (Å²) in [6.07, 6.45) is 0. The molecule has 77 heavy (non-hydrogen) atoms. The van der Waals surface area contributed by atoms with Crippen LogP contribution in [0.2, 0.25) is 0 Å². The van der Waals surface area contributed by atoms with Gasteiger partial charge in [0, 0.05) is 10.8 Å². The molecular weight excluding hydrogens is 941 g/mol. The molecule has 1 aliphatic rings. The van der Waals surface area contributed by atoms with E-state index in [-0.39, 0.29) is 26.4 Å². The van der Waals surface area contributed by atoms with Crippen LogP contribution in [0.25, 0.3) is 120 Å². The van der Waals surface area contributed by atoms with Crippen LogP contribution >= 0.6 is 0 Å². The average Bonchev–Trinajstić information content (AvgIpc) is 4.08. The van der Waals surface area contributed by atoms with E-state index >= 15 is 0 Å². The van der Waals surface area contributed by atoms with Crippen LogP contribution in [-0.4, -0.2) is 36.6 Å². The van der Waals surface area contributed by atoms with Crippen LogP contribution in [0.3, 0.4) is 0 Å². The molecule has 14 aromatic rings. The van der Waals surface area contributed by atoms with Crippen molar-refractivity contribution in [3.05, 3.63) is 265 Å². The second kappa shape index (κ2) is 17.9. The molecule has 2 N–H and O–H groups in total. The molecule has 4 nitrogen and oxygen atoms in total. The summed E-state index contributed by atoms with van der Waals surface area (Å²) in [7, 11) is 0. The molecular formula is C73H50O4. The number of rotatable bonds is 10. The van der Waals surface area contributed by atoms with E-state index in [1.165, 1.54) is 87.6 Å². The molecule has 4 heteroatoms. The summed E-state index contributed by atoms with van der Waals surface area (Å²) in [5, 5.41) is 38.0. The average molecular weight is 991 g/mol. The number of benzene rings is 14. The topological polar surface area (TPSA) is 58.9 Å². The highest BCUT2D eigenvalue weighted by atomic mass is 16.5. The first-order chi connectivity index (χ1) is 38.1. The molecule has 366 valence electrons. The van der Waals surface area contributed by atoms with Gasteiger partial charge in [-0.2, -0.15) is 0 Å². The number of aliphatic hydroxyl groups excluding tert-OH is 2. The van der Waals surface area contributed by atoms with E-state index < -0.39 is 5.41 Å². The van der Waals surface area contributed by atoms with Crippen LogP contribution in [0, 0.1) is 0 Å². The summed E-state index contributed by atoms with van der Waals surface area (Å²) in [6.45, 7) is 0.274. The van der Waals surface area contributed by atoms with Crippen LogP contribution in [0.4, 0.5) is 0 Å². The van der Waals surface area contributed by atoms with Crippen molar-refractivity contribution in [2.75, 3.05) is 26.4 Å². The van der Waals surface area contributed by atoms with Gasteiger partial charge in [-0.05, 0) is 167 Å². The van der Waals surface area contributed by atoms with Gasteiger partial charge < -0.3 is 19.7 Å². The Kier molecular flexibility index (Phi) is 10.5. The molecule has 0 bridgehead atoms. The van der Waals surface area contributed by atoms with E-state index in [1.807, 2.05) is 0 Å². The van der Waals surface area contributed by atoms with Gasteiger partial charge in [0.1, 0.15) is 24.7 Å². The van der Waals surface area contributed by atoms with E-state index in [2.05, 4.69) is 243 Å². The lowest BCUT2D eigenvalue weighted by Crippen LogP contribution is -2.28. The quantitative estimate of drug-likeness (QED) is 0.134. The maximum atomic E-state index is 9.88. The molecule has 0 amide bonds. The van der Waals surface area contributed by atoms with E-state index in [4.69, 9.17) is 9.47 Å². The highest BCUT2D eigenvalue weighted by molar-refractivity contribution is 6.19. The molecule has 0 fully saturated rings. The first kappa shape index (κ1) is 45.1. The Bertz CT molecular complexity index is 4440. The van der Waals surface area contributed by atoms with Gasteiger partial charge >= 0.3 is 0 Å². The zero-order chi connectivity index (χ0) is 51.2. The van der Waals surface area contributed by atoms with Crippen molar-refractivity contribution in [2.24, 2.45) is 0 Å². The fraction of sp³-hybridized carbons (Fsp3) is 0.0685. The Morgan fingerprint density at radius 2 is 0.623 bits per heavy atom. The molecule has 14 aromatic carbocycles. The van der Waals surface area contributed by atoms with E-state index in [9.17, 15) is 10.2 Å². The number of fused-ring (bicyclic) bond motifs is 15. The van der Waals surface area contributed by atoms with Gasteiger partial charge in [0.2, 0.25) is 0 Å². The highest BCUT2D eigenvalue weighted by Gasteiger charge is 2.48. The molecule has 0 saturated heterocycles. The smallest absolute Gasteiger partial charge is 0.127 e. The van der Waals surface area contributed by atoms with Gasteiger partial charge in [-0.1, -0.05) is 206 Å². The summed E-state index contributed by atoms with van der Waals surface area (Å²) in [5.41, 5.74) is 11.0. The van der Waals surface area contributed by atoms with Crippen LogP contribution in [0.5, 0.6) is 11.5 Å². The van der Waals surface area contributed by atoms with E-state index in [0.29, 0.717) is 0 Å². The molecule has 0 radical (unpaired) electrons. The first-order valence-electron chi connectivity index (χ1n) is 26.6. The standard InChI is InChI=1S/C73H50O4/c74-35-37-76-69-41-47-31-33-49(43-63(47)57-23-9-11-25-59(57)69)73(50-34-32-48-42-70(77-38-36-75)60-26-12-10-24-58(60)64(48)44-50)67-29-13-27-61(65-39-45-15-1-3-17-51(45)53-19-5-7-21-55(53)65)71(67)72-62(28-14-30-68(72)73)66-40-46-16-2-4-18-52(46)54-20-6-8-22-56(54)66/h1-34,39-44,74-75H,35-38H2. The summed E-state index contributed by atoms with van der Waals surface area (Å²) < 4.78 is 12.5. The Hall–Kier alpha value is -9.32. The lowest BCUT2D eigenvalue weighted by Gasteiger charge is -2.35. The SMILES string of the molecule is OCCOc1cc2ccc(C3(c4ccc5cc(OCCO)c6ccccc6c5c4)c4cccc(-c5cc6ccccc6c6ccccc56)c4-c4c(-c5cc6ccccc6c6ccccc56)cccc43)cc2c2ccccc12. The van der Waals surface area contributed by atoms with Gasteiger partial charge in [-0.15, -0.1) is 0 Å². The molecule has 0 aromatic heterocycles. The van der Waals surface area contributed by atoms with Crippen molar-refractivity contribution in [2.45, 2.75) is 5.41 Å². The second-order valence-electron chi connectivity index (χ2n) is 20.4. The summed E-state index contributed by atoms with van der Waals surface area (Å²) in [5.74, 6) is 1.51. The molecule has 0 atom stereocenters. The lowest BCUT2D eigenvalue weighted by atomic mass is 9.66. The van der Waals surface area contributed by atoms with Crippen LogP contribution < -0.4 is 9.47 Å². The third-order valence-corrected chi connectivity index (χ3v) is 16.5. The van der Waals surface area contributed by atoms with Crippen LogP contribution in [0.15, 0.2) is 243 Å². The maximum absolute atomic E-state index is 9.88. The Labute approximate surface area is 445 Å². The maximum Gasteiger partial charge on any atom is 0.127 e. The van der Waals surface area contributed by atoms with Crippen molar-refractivity contribution in [1.29, 1.82) is 0 Å². The first-order valence-corrected chi connectivity index (χ1v) is 26.6. The van der Waals surface area contributed by atoms with Gasteiger partial charge in [0.25, 0.3) is 0 Å². The molecule has 1 aliphatic carbocycles. The van der Waals surface area contributed by atoms with Gasteiger partial charge in [-0.3, -0.25) is 0 Å². The largest absolute Gasteiger partial charge is 0.491 e. The van der Waals surface area contributed by atoms with Crippen molar-refractivity contribution in [3.8, 4) is 44.9 Å². The Morgan fingerprint density at radius 1 is 0.273 bits per heavy atom. The van der Waals surface area contributed by atoms with Gasteiger partial charge in [0.05, 0.1) is 18.6 Å². The van der Waals surface area contributed by atoms with Crippen LogP contribution in [0.1, 0.15) is 22.3 Å². The van der Waals surface area contributed by atoms with Crippen molar-refractivity contribution in [1.82, 2.24) is 0 Å². The van der Waals surface area contributed by atoms with Crippen LogP contribution in [-0.2, 0) is 5.41 Å². The third-order valence-electron chi connectivity index (χ3n) is 16.5. The fourth-order valence-electron chi connectivity index (χ4n) is 13.4. The third kappa shape index (κ3) is 6.79. The zero-order valence-corrected chi connectivity index (χ0v) is 42.1. The fourth-order valence-corrected chi connectivity index (χ4v) is 13.4. The number of hydrogen-bond acceptors (Lipinski definition) is 4. The summed E-state index contributed by atoms with van der Waals surface area (Å²) >= 11 is 0. The summed E-state index contributed by atoms with van der Waals surface area (Å²) in [6, 6.07) is 89.6. The minimum Gasteiger partial charge on any atom is -0.491 e. The predicted octanol–water partition coefficient (Wildman–Crippen LogP) is 17.4. The lowest BCUT2D eigenvalue weighted by molar-refractivity contribution is 0.203. The molecule has 0 spiro atoms. The second-order valence-corrected chi connectivity index (χ2v) is 20.4. The van der Waals surface area contributed by atoms with Crippen molar-refractivity contribution in [3.63, 3.8) is 0 Å². The minimum atomic E-state index is -0.862. The molecule has 0 aliphatic heterocycles. The number of ether oxygens (including phenoxy) is 2.